The summed E-state index contributed by atoms with van der Waals surface area (Å²) in [6.07, 6.45) is 1.56. The van der Waals surface area contributed by atoms with Crippen LogP contribution in [0.15, 0.2) is 40.8 Å². The van der Waals surface area contributed by atoms with Crippen LogP contribution >= 0.6 is 0 Å². The number of carbonyl (C=O) groups excluding carboxylic acids is 1. The Labute approximate surface area is 125 Å². The third kappa shape index (κ3) is 4.22. The van der Waals surface area contributed by atoms with Crippen molar-refractivity contribution in [2.45, 2.75) is 46.0 Å². The van der Waals surface area contributed by atoms with Crippen molar-refractivity contribution in [3.8, 4) is 5.75 Å². The van der Waals surface area contributed by atoms with E-state index in [2.05, 4.69) is 32.9 Å². The van der Waals surface area contributed by atoms with Crippen molar-refractivity contribution in [2.24, 2.45) is 0 Å². The van der Waals surface area contributed by atoms with Gasteiger partial charge in [-0.1, -0.05) is 51.1 Å². The number of aryl methyl sites for hydroxylation is 2. The highest BCUT2D eigenvalue weighted by molar-refractivity contribution is 5.69. The minimum absolute atomic E-state index is 0.111. The van der Waals surface area contributed by atoms with Gasteiger partial charge in [0.25, 0.3) is 0 Å². The molecule has 0 N–H and O–H groups in total. The Hall–Kier alpha value is -2.03. The molecule has 21 heavy (non-hydrogen) atoms. The molecular formula is C18H22O3. The summed E-state index contributed by atoms with van der Waals surface area (Å²) >= 11 is 0. The summed E-state index contributed by atoms with van der Waals surface area (Å²) < 4.78 is 11.2. The quantitative estimate of drug-likeness (QED) is 0.787. The smallest absolute Gasteiger partial charge is 0.308 e. The van der Waals surface area contributed by atoms with Crippen LogP contribution in [0, 0.1) is 0 Å². The average molecular weight is 286 g/mol. The summed E-state index contributed by atoms with van der Waals surface area (Å²) in [4.78, 5) is 11.2. The van der Waals surface area contributed by atoms with Crippen molar-refractivity contribution in [1.29, 1.82) is 0 Å². The number of esters is 1. The number of benzene rings is 1. The summed E-state index contributed by atoms with van der Waals surface area (Å²) in [5.41, 5.74) is 1.12. The summed E-state index contributed by atoms with van der Waals surface area (Å²) in [5, 5.41) is 0. The second kappa shape index (κ2) is 6.17. The van der Waals surface area contributed by atoms with Gasteiger partial charge in [0.1, 0.15) is 11.5 Å². The fourth-order valence-corrected chi connectivity index (χ4v) is 2.10. The molecule has 0 saturated heterocycles. The van der Waals surface area contributed by atoms with Gasteiger partial charge in [0, 0.05) is 24.8 Å². The fraction of sp³-hybridized carbons (Fsp3) is 0.389. The predicted octanol–water partition coefficient (Wildman–Crippen LogP) is 4.29. The van der Waals surface area contributed by atoms with E-state index >= 15 is 0 Å². The normalized spacial score (nSPS) is 11.4. The van der Waals surface area contributed by atoms with Crippen molar-refractivity contribution in [3.63, 3.8) is 0 Å². The Kier molecular flexibility index (Phi) is 4.51. The highest BCUT2D eigenvalue weighted by Crippen LogP contribution is 2.32. The second-order valence-corrected chi connectivity index (χ2v) is 6.23. The van der Waals surface area contributed by atoms with Gasteiger partial charge in [-0.15, -0.1) is 0 Å². The van der Waals surface area contributed by atoms with Gasteiger partial charge in [-0.3, -0.25) is 4.79 Å². The minimum atomic E-state index is -0.322. The van der Waals surface area contributed by atoms with Gasteiger partial charge < -0.3 is 9.15 Å². The zero-order valence-electron chi connectivity index (χ0n) is 13.1. The van der Waals surface area contributed by atoms with Crippen LogP contribution in [0.2, 0.25) is 0 Å². The molecule has 1 heterocycles. The molecule has 0 spiro atoms. The van der Waals surface area contributed by atoms with E-state index in [9.17, 15) is 4.79 Å². The molecule has 0 amide bonds. The predicted molar refractivity (Wildman–Crippen MR) is 82.6 cm³/mol. The van der Waals surface area contributed by atoms with E-state index in [0.717, 1.165) is 17.9 Å². The van der Waals surface area contributed by atoms with Gasteiger partial charge in [-0.05, 0) is 12.0 Å². The van der Waals surface area contributed by atoms with E-state index in [1.54, 1.807) is 0 Å². The molecule has 3 heteroatoms. The monoisotopic (exact) mass is 286 g/mol. The molecule has 0 bridgehead atoms. The van der Waals surface area contributed by atoms with Gasteiger partial charge in [-0.2, -0.15) is 0 Å². The molecule has 0 saturated carbocycles. The molecule has 0 unspecified atom stereocenters. The van der Waals surface area contributed by atoms with E-state index in [1.165, 1.54) is 12.5 Å². The number of ether oxygens (including phenoxy) is 1. The number of rotatable bonds is 4. The minimum Gasteiger partial charge on any atom is -0.461 e. The molecule has 2 rings (SSSR count). The molecule has 0 fully saturated rings. The lowest BCUT2D eigenvalue weighted by atomic mass is 9.93. The van der Waals surface area contributed by atoms with E-state index < -0.39 is 0 Å². The second-order valence-electron chi connectivity index (χ2n) is 6.23. The van der Waals surface area contributed by atoms with Gasteiger partial charge >= 0.3 is 5.97 Å². The molecular weight excluding hydrogens is 264 g/mol. The molecule has 1 aromatic carbocycles. The van der Waals surface area contributed by atoms with Gasteiger partial charge in [0.05, 0.1) is 0 Å². The SMILES string of the molecule is CC(=O)Oc1cc(C(C)(C)C)oc1CCc1ccccc1. The Morgan fingerprint density at radius 1 is 1.14 bits per heavy atom. The number of hydrogen-bond donors (Lipinski definition) is 0. The summed E-state index contributed by atoms with van der Waals surface area (Å²) in [7, 11) is 0. The van der Waals surface area contributed by atoms with Crippen molar-refractivity contribution in [1.82, 2.24) is 0 Å². The first-order valence-corrected chi connectivity index (χ1v) is 7.22. The maximum atomic E-state index is 11.2. The lowest BCUT2D eigenvalue weighted by molar-refractivity contribution is -0.132. The molecule has 1 aromatic heterocycles. The zero-order valence-corrected chi connectivity index (χ0v) is 13.1. The van der Waals surface area contributed by atoms with Crippen LogP contribution in [0.4, 0.5) is 0 Å². The Bertz CT molecular complexity index is 603. The molecule has 112 valence electrons. The van der Waals surface area contributed by atoms with Crippen LogP contribution in [0.5, 0.6) is 5.75 Å². The first kappa shape index (κ1) is 15.4. The molecule has 0 atom stereocenters. The first-order valence-electron chi connectivity index (χ1n) is 7.22. The third-order valence-corrected chi connectivity index (χ3v) is 3.25. The zero-order chi connectivity index (χ0) is 15.5. The Balaban J connectivity index is 2.20. The lowest BCUT2D eigenvalue weighted by Crippen LogP contribution is -2.09. The molecule has 0 aliphatic heterocycles. The molecule has 3 nitrogen and oxygen atoms in total. The van der Waals surface area contributed by atoms with Gasteiger partial charge in [0.2, 0.25) is 0 Å². The van der Waals surface area contributed by atoms with Crippen LogP contribution in [0.25, 0.3) is 0 Å². The summed E-state index contributed by atoms with van der Waals surface area (Å²) in [5.74, 6) is 1.79. The van der Waals surface area contributed by atoms with Crippen molar-refractivity contribution in [3.05, 3.63) is 53.5 Å². The topological polar surface area (TPSA) is 39.4 Å². The highest BCUT2D eigenvalue weighted by atomic mass is 16.5. The third-order valence-electron chi connectivity index (χ3n) is 3.25. The number of carbonyl (C=O) groups is 1. The van der Waals surface area contributed by atoms with Gasteiger partial charge in [-0.25, -0.2) is 0 Å². The summed E-state index contributed by atoms with van der Waals surface area (Å²) in [6.45, 7) is 7.63. The Morgan fingerprint density at radius 3 is 2.38 bits per heavy atom. The van der Waals surface area contributed by atoms with Crippen molar-refractivity contribution < 1.29 is 13.9 Å². The maximum Gasteiger partial charge on any atom is 0.308 e. The fourth-order valence-electron chi connectivity index (χ4n) is 2.10. The van der Waals surface area contributed by atoms with Crippen LogP contribution in [-0.4, -0.2) is 5.97 Å². The van der Waals surface area contributed by atoms with Crippen LogP contribution in [-0.2, 0) is 23.1 Å². The largest absolute Gasteiger partial charge is 0.461 e. The summed E-state index contributed by atoms with van der Waals surface area (Å²) in [6, 6.07) is 12.0. The average Bonchev–Trinajstić information content (AvgIpc) is 2.80. The van der Waals surface area contributed by atoms with Crippen molar-refractivity contribution >= 4 is 5.97 Å². The maximum absolute atomic E-state index is 11.2. The highest BCUT2D eigenvalue weighted by Gasteiger charge is 2.23. The van der Waals surface area contributed by atoms with Crippen LogP contribution in [0.3, 0.4) is 0 Å². The standard InChI is InChI=1S/C18H22O3/c1-13(19)20-16-12-17(18(2,3)4)21-15(16)11-10-14-8-6-5-7-9-14/h5-9,12H,10-11H2,1-4H3. The van der Waals surface area contributed by atoms with E-state index in [0.29, 0.717) is 12.2 Å². The Morgan fingerprint density at radius 2 is 1.81 bits per heavy atom. The number of hydrogen-bond acceptors (Lipinski definition) is 3. The molecule has 2 aromatic rings. The molecule has 0 aliphatic rings. The van der Waals surface area contributed by atoms with Crippen LogP contribution in [0.1, 0.15) is 44.8 Å². The van der Waals surface area contributed by atoms with E-state index in [4.69, 9.17) is 9.15 Å². The van der Waals surface area contributed by atoms with Gasteiger partial charge in [0.15, 0.2) is 5.75 Å². The van der Waals surface area contributed by atoms with E-state index in [1.807, 2.05) is 24.3 Å². The number of furan rings is 1. The van der Waals surface area contributed by atoms with Crippen molar-refractivity contribution in [2.75, 3.05) is 0 Å². The van der Waals surface area contributed by atoms with Crippen LogP contribution < -0.4 is 4.74 Å². The molecule has 0 radical (unpaired) electrons. The van der Waals surface area contributed by atoms with E-state index in [-0.39, 0.29) is 11.4 Å². The molecule has 0 aliphatic carbocycles. The lowest BCUT2D eigenvalue weighted by Gasteiger charge is -2.13. The first-order chi connectivity index (χ1) is 9.86.